The Kier molecular flexibility index (Phi) is 6.59. The van der Waals surface area contributed by atoms with E-state index in [0.29, 0.717) is 22.0 Å². The monoisotopic (exact) mass is 359 g/mol. The lowest BCUT2D eigenvalue weighted by atomic mass is 10.1. The molecule has 0 heterocycles. The third-order valence-corrected chi connectivity index (χ3v) is 4.14. The van der Waals surface area contributed by atoms with Crippen molar-refractivity contribution in [1.82, 2.24) is 0 Å². The number of aliphatic imine (C=N–C) groups is 1. The molecule has 0 aromatic heterocycles. The largest absolute Gasteiger partial charge is 0.489 e. The van der Waals surface area contributed by atoms with E-state index in [0.717, 1.165) is 17.5 Å². The van der Waals surface area contributed by atoms with Gasteiger partial charge >= 0.3 is 5.97 Å². The van der Waals surface area contributed by atoms with Crippen LogP contribution in [0.1, 0.15) is 41.8 Å². The zero-order chi connectivity index (χ0) is 18.4. The van der Waals surface area contributed by atoms with Crippen molar-refractivity contribution in [3.05, 3.63) is 58.1 Å². The summed E-state index contributed by atoms with van der Waals surface area (Å²) < 4.78 is 10.5. The zero-order valence-corrected chi connectivity index (χ0v) is 15.6. The maximum absolute atomic E-state index is 11.6. The van der Waals surface area contributed by atoms with Gasteiger partial charge in [-0.2, -0.15) is 0 Å². The lowest BCUT2D eigenvalue weighted by Gasteiger charge is -2.13. The number of hydrogen-bond acceptors (Lipinski definition) is 4. The van der Waals surface area contributed by atoms with Gasteiger partial charge in [0, 0.05) is 6.21 Å². The molecule has 2 aromatic carbocycles. The molecule has 0 aliphatic carbocycles. The van der Waals surface area contributed by atoms with E-state index in [-0.39, 0.29) is 12.1 Å². The van der Waals surface area contributed by atoms with Crippen molar-refractivity contribution in [2.24, 2.45) is 4.99 Å². The number of rotatable bonds is 6. The molecule has 0 aliphatic heterocycles. The van der Waals surface area contributed by atoms with Crippen molar-refractivity contribution in [2.45, 2.75) is 33.3 Å². The van der Waals surface area contributed by atoms with E-state index in [1.807, 2.05) is 38.1 Å². The Morgan fingerprint density at radius 3 is 2.68 bits per heavy atom. The van der Waals surface area contributed by atoms with Gasteiger partial charge in [-0.3, -0.25) is 4.99 Å². The van der Waals surface area contributed by atoms with Gasteiger partial charge in [-0.15, -0.1) is 0 Å². The van der Waals surface area contributed by atoms with Crippen molar-refractivity contribution in [1.29, 1.82) is 0 Å². The molecule has 25 heavy (non-hydrogen) atoms. The maximum atomic E-state index is 11.6. The highest BCUT2D eigenvalue weighted by molar-refractivity contribution is 6.32. The summed E-state index contributed by atoms with van der Waals surface area (Å²) in [7, 11) is 1.36. The molecule has 4 nitrogen and oxygen atoms in total. The number of esters is 1. The lowest BCUT2D eigenvalue weighted by molar-refractivity contribution is 0.0601. The molecule has 0 fully saturated rings. The molecule has 0 amide bonds. The summed E-state index contributed by atoms with van der Waals surface area (Å²) in [4.78, 5) is 16.1. The molecule has 0 spiro atoms. The van der Waals surface area contributed by atoms with Crippen LogP contribution in [0.15, 0.2) is 41.4 Å². The van der Waals surface area contributed by atoms with Crippen molar-refractivity contribution < 1.29 is 14.3 Å². The molecule has 0 bridgehead atoms. The quantitative estimate of drug-likeness (QED) is 0.515. The van der Waals surface area contributed by atoms with E-state index in [4.69, 9.17) is 21.1 Å². The number of aryl methyl sites for hydroxylation is 1. The number of benzene rings is 2. The molecule has 1 atom stereocenters. The van der Waals surface area contributed by atoms with Crippen LogP contribution in [-0.4, -0.2) is 25.4 Å². The second-order valence-electron chi connectivity index (χ2n) is 5.78. The Morgan fingerprint density at radius 2 is 2.04 bits per heavy atom. The molecule has 0 saturated carbocycles. The van der Waals surface area contributed by atoms with Gasteiger partial charge in [0.15, 0.2) is 0 Å². The minimum atomic E-state index is -0.383. The van der Waals surface area contributed by atoms with Crippen LogP contribution in [-0.2, 0) is 4.74 Å². The van der Waals surface area contributed by atoms with Crippen LogP contribution in [0.3, 0.4) is 0 Å². The van der Waals surface area contributed by atoms with E-state index in [2.05, 4.69) is 11.9 Å². The number of hydrogen-bond donors (Lipinski definition) is 0. The summed E-state index contributed by atoms with van der Waals surface area (Å²) in [5, 5.41) is 0.546. The fraction of sp³-hybridized carbons (Fsp3) is 0.300. The SMILES string of the molecule is CC[C@H](C)Oc1ccc(C=Nc2cc(C(=O)OC)ccc2C)cc1Cl. The van der Waals surface area contributed by atoms with Gasteiger partial charge in [-0.25, -0.2) is 4.79 Å². The van der Waals surface area contributed by atoms with Gasteiger partial charge in [0.2, 0.25) is 0 Å². The van der Waals surface area contributed by atoms with E-state index >= 15 is 0 Å². The van der Waals surface area contributed by atoms with E-state index in [9.17, 15) is 4.79 Å². The summed E-state index contributed by atoms with van der Waals surface area (Å²) in [6, 6.07) is 10.8. The highest BCUT2D eigenvalue weighted by atomic mass is 35.5. The smallest absolute Gasteiger partial charge is 0.337 e. The van der Waals surface area contributed by atoms with Gasteiger partial charge in [-0.05, 0) is 61.7 Å². The molecular formula is C20H22ClNO3. The summed E-state index contributed by atoms with van der Waals surface area (Å²) in [5.74, 6) is 0.281. The third-order valence-electron chi connectivity index (χ3n) is 3.84. The summed E-state index contributed by atoms with van der Waals surface area (Å²) in [6.45, 7) is 6.00. The Bertz CT molecular complexity index is 787. The molecule has 0 unspecified atom stereocenters. The Labute approximate surface area is 153 Å². The number of carbonyl (C=O) groups excluding carboxylic acids is 1. The Morgan fingerprint density at radius 1 is 1.28 bits per heavy atom. The fourth-order valence-corrected chi connectivity index (χ4v) is 2.36. The van der Waals surface area contributed by atoms with E-state index < -0.39 is 0 Å². The van der Waals surface area contributed by atoms with Crippen LogP contribution >= 0.6 is 11.6 Å². The van der Waals surface area contributed by atoms with Crippen molar-refractivity contribution in [3.8, 4) is 5.75 Å². The van der Waals surface area contributed by atoms with Crippen LogP contribution in [0.25, 0.3) is 0 Å². The summed E-state index contributed by atoms with van der Waals surface area (Å²) in [5.41, 5.74) is 2.99. The minimum absolute atomic E-state index is 0.112. The first kappa shape index (κ1) is 19.0. The van der Waals surface area contributed by atoms with Crippen LogP contribution in [0.5, 0.6) is 5.75 Å². The van der Waals surface area contributed by atoms with Crippen LogP contribution in [0.2, 0.25) is 5.02 Å². The molecule has 0 radical (unpaired) electrons. The number of nitrogens with zero attached hydrogens (tertiary/aromatic N) is 1. The highest BCUT2D eigenvalue weighted by Crippen LogP contribution is 2.27. The zero-order valence-electron chi connectivity index (χ0n) is 14.9. The van der Waals surface area contributed by atoms with E-state index in [1.54, 1.807) is 18.3 Å². The van der Waals surface area contributed by atoms with Crippen LogP contribution < -0.4 is 4.74 Å². The molecular weight excluding hydrogens is 338 g/mol. The Balaban J connectivity index is 2.22. The van der Waals surface area contributed by atoms with Crippen LogP contribution in [0, 0.1) is 6.92 Å². The molecule has 5 heteroatoms. The van der Waals surface area contributed by atoms with Gasteiger partial charge in [0.05, 0.1) is 29.5 Å². The standard InChI is InChI=1S/C20H22ClNO3/c1-5-14(3)25-19-9-7-15(10-17(19)21)12-22-18-11-16(20(23)24-4)8-6-13(18)2/h6-12,14H,5H2,1-4H3/t14-/m0/s1. The molecule has 2 aromatic rings. The first-order valence-electron chi connectivity index (χ1n) is 8.13. The average molecular weight is 360 g/mol. The normalized spacial score (nSPS) is 12.2. The lowest BCUT2D eigenvalue weighted by Crippen LogP contribution is -2.09. The number of halogens is 1. The van der Waals surface area contributed by atoms with Crippen molar-refractivity contribution in [3.63, 3.8) is 0 Å². The maximum Gasteiger partial charge on any atom is 0.337 e. The topological polar surface area (TPSA) is 47.9 Å². The third kappa shape index (κ3) is 5.07. The molecule has 0 N–H and O–H groups in total. The predicted molar refractivity (Wildman–Crippen MR) is 102 cm³/mol. The first-order valence-corrected chi connectivity index (χ1v) is 8.51. The number of methoxy groups -OCH3 is 1. The second-order valence-corrected chi connectivity index (χ2v) is 6.18. The van der Waals surface area contributed by atoms with Crippen LogP contribution in [0.4, 0.5) is 5.69 Å². The van der Waals surface area contributed by atoms with Crippen molar-refractivity contribution >= 4 is 29.5 Å². The van der Waals surface area contributed by atoms with Gasteiger partial charge in [0.25, 0.3) is 0 Å². The second kappa shape index (κ2) is 8.67. The first-order chi connectivity index (χ1) is 11.9. The van der Waals surface area contributed by atoms with Gasteiger partial charge < -0.3 is 9.47 Å². The van der Waals surface area contributed by atoms with E-state index in [1.165, 1.54) is 7.11 Å². The average Bonchev–Trinajstić information content (AvgIpc) is 2.62. The summed E-state index contributed by atoms with van der Waals surface area (Å²) in [6.07, 6.45) is 2.73. The molecule has 132 valence electrons. The van der Waals surface area contributed by atoms with Crippen molar-refractivity contribution in [2.75, 3.05) is 7.11 Å². The number of carbonyl (C=O) groups is 1. The fourth-order valence-electron chi connectivity index (χ4n) is 2.13. The molecule has 0 saturated heterocycles. The molecule has 2 rings (SSSR count). The minimum Gasteiger partial charge on any atom is -0.489 e. The molecule has 0 aliphatic rings. The Hall–Kier alpha value is -2.33. The number of ether oxygens (including phenoxy) is 2. The van der Waals surface area contributed by atoms with Gasteiger partial charge in [-0.1, -0.05) is 24.6 Å². The highest BCUT2D eigenvalue weighted by Gasteiger charge is 2.08. The predicted octanol–water partition coefficient (Wildman–Crippen LogP) is 5.36. The van der Waals surface area contributed by atoms with Gasteiger partial charge in [0.1, 0.15) is 5.75 Å². The summed E-state index contributed by atoms with van der Waals surface area (Å²) >= 11 is 6.28.